The third-order valence-electron chi connectivity index (χ3n) is 3.67. The van der Waals surface area contributed by atoms with Crippen LogP contribution in [0.1, 0.15) is 31.4 Å². The lowest BCUT2D eigenvalue weighted by molar-refractivity contribution is -0.131. The quantitative estimate of drug-likeness (QED) is 0.903. The van der Waals surface area contributed by atoms with Gasteiger partial charge in [-0.15, -0.1) is 0 Å². The van der Waals surface area contributed by atoms with Crippen molar-refractivity contribution in [3.8, 4) is 0 Å². The maximum Gasteiger partial charge on any atom is 0.222 e. The smallest absolute Gasteiger partial charge is 0.222 e. The Balaban J connectivity index is 1.72. The first-order chi connectivity index (χ1) is 9.15. The third-order valence-corrected chi connectivity index (χ3v) is 4.10. The zero-order valence-electron chi connectivity index (χ0n) is 11.3. The van der Waals surface area contributed by atoms with Crippen LogP contribution in [0.3, 0.4) is 0 Å². The Bertz CT molecular complexity index is 413. The predicted molar refractivity (Wildman–Crippen MR) is 77.7 cm³/mol. The zero-order chi connectivity index (χ0) is 13.7. The molecule has 2 rings (SSSR count). The van der Waals surface area contributed by atoms with Crippen molar-refractivity contribution in [2.24, 2.45) is 5.92 Å². The highest BCUT2D eigenvalue weighted by atomic mass is 79.9. The summed E-state index contributed by atoms with van der Waals surface area (Å²) in [4.78, 5) is 13.8. The molecule has 4 nitrogen and oxygen atoms in total. The summed E-state index contributed by atoms with van der Waals surface area (Å²) < 4.78 is 6.12. The second-order valence-corrected chi connectivity index (χ2v) is 5.97. The zero-order valence-corrected chi connectivity index (χ0v) is 12.9. The lowest BCUT2D eigenvalue weighted by atomic mass is 9.93. The van der Waals surface area contributed by atoms with Crippen LogP contribution in [0, 0.1) is 5.92 Å². The molecule has 1 amide bonds. The van der Waals surface area contributed by atoms with Gasteiger partial charge in [0, 0.05) is 13.5 Å². The van der Waals surface area contributed by atoms with Crippen molar-refractivity contribution >= 4 is 21.8 Å². The topological polar surface area (TPSA) is 45.5 Å². The van der Waals surface area contributed by atoms with E-state index in [1.54, 1.807) is 4.90 Å². The van der Waals surface area contributed by atoms with Gasteiger partial charge in [0.15, 0.2) is 4.67 Å². The summed E-state index contributed by atoms with van der Waals surface area (Å²) in [5, 5.41) is 3.35. The van der Waals surface area contributed by atoms with E-state index in [1.807, 2.05) is 19.2 Å². The number of rotatable bonds is 5. The Morgan fingerprint density at radius 3 is 2.84 bits per heavy atom. The molecule has 1 N–H and O–H groups in total. The van der Waals surface area contributed by atoms with E-state index in [-0.39, 0.29) is 5.91 Å². The largest absolute Gasteiger partial charge is 0.452 e. The van der Waals surface area contributed by atoms with Crippen LogP contribution in [0.5, 0.6) is 0 Å². The third kappa shape index (κ3) is 4.66. The minimum Gasteiger partial charge on any atom is -0.452 e. The van der Waals surface area contributed by atoms with Gasteiger partial charge in [-0.1, -0.05) is 0 Å². The predicted octanol–water partition coefficient (Wildman–Crippen LogP) is 2.78. The van der Waals surface area contributed by atoms with Crippen molar-refractivity contribution in [1.29, 1.82) is 0 Å². The molecule has 0 spiro atoms. The van der Waals surface area contributed by atoms with E-state index < -0.39 is 0 Å². The van der Waals surface area contributed by atoms with E-state index in [9.17, 15) is 4.79 Å². The van der Waals surface area contributed by atoms with Gasteiger partial charge in [-0.2, -0.15) is 0 Å². The van der Waals surface area contributed by atoms with Gasteiger partial charge in [0.25, 0.3) is 0 Å². The van der Waals surface area contributed by atoms with Gasteiger partial charge in [0.1, 0.15) is 5.76 Å². The number of carbonyl (C=O) groups is 1. The van der Waals surface area contributed by atoms with Crippen LogP contribution in [0.15, 0.2) is 21.2 Å². The molecule has 5 heteroatoms. The summed E-state index contributed by atoms with van der Waals surface area (Å²) in [7, 11) is 1.83. The monoisotopic (exact) mass is 328 g/mol. The van der Waals surface area contributed by atoms with E-state index in [2.05, 4.69) is 21.2 Å². The second-order valence-electron chi connectivity index (χ2n) is 5.19. The molecule has 1 aromatic heterocycles. The van der Waals surface area contributed by atoms with Gasteiger partial charge in [-0.05, 0) is 66.3 Å². The fourth-order valence-corrected chi connectivity index (χ4v) is 2.79. The van der Waals surface area contributed by atoms with Crippen LogP contribution in [0.2, 0.25) is 0 Å². The van der Waals surface area contributed by atoms with Gasteiger partial charge < -0.3 is 14.6 Å². The number of piperidine rings is 1. The molecule has 0 unspecified atom stereocenters. The molecule has 0 atom stereocenters. The van der Waals surface area contributed by atoms with Crippen LogP contribution < -0.4 is 5.32 Å². The molecule has 0 aromatic carbocycles. The maximum atomic E-state index is 12.1. The summed E-state index contributed by atoms with van der Waals surface area (Å²) in [6, 6.07) is 3.74. The number of furan rings is 1. The van der Waals surface area contributed by atoms with Crippen molar-refractivity contribution in [1.82, 2.24) is 10.2 Å². The van der Waals surface area contributed by atoms with Crippen LogP contribution >= 0.6 is 15.9 Å². The van der Waals surface area contributed by atoms with E-state index >= 15 is 0 Å². The number of amides is 1. The summed E-state index contributed by atoms with van der Waals surface area (Å²) in [6.07, 6.45) is 4.04. The molecule has 1 saturated heterocycles. The molecule has 1 fully saturated rings. The van der Waals surface area contributed by atoms with Gasteiger partial charge >= 0.3 is 0 Å². The number of nitrogens with one attached hydrogen (secondary N) is 1. The lowest BCUT2D eigenvalue weighted by Gasteiger charge is -2.23. The summed E-state index contributed by atoms with van der Waals surface area (Å²) in [5.74, 6) is 1.71. The van der Waals surface area contributed by atoms with Crippen molar-refractivity contribution in [2.75, 3.05) is 20.1 Å². The molecule has 1 aliphatic heterocycles. The Morgan fingerprint density at radius 2 is 2.21 bits per heavy atom. The molecule has 0 radical (unpaired) electrons. The van der Waals surface area contributed by atoms with Crippen molar-refractivity contribution in [3.63, 3.8) is 0 Å². The van der Waals surface area contributed by atoms with Crippen molar-refractivity contribution in [2.45, 2.75) is 32.2 Å². The molecule has 1 aliphatic rings. The molecule has 0 aliphatic carbocycles. The molecule has 106 valence electrons. The summed E-state index contributed by atoms with van der Waals surface area (Å²) >= 11 is 3.27. The number of carbonyl (C=O) groups excluding carboxylic acids is 1. The molecule has 1 aromatic rings. The average Bonchev–Trinajstić information content (AvgIpc) is 2.82. The maximum absolute atomic E-state index is 12.1. The fourth-order valence-electron chi connectivity index (χ4n) is 2.45. The number of halogens is 1. The van der Waals surface area contributed by atoms with Crippen LogP contribution in [-0.2, 0) is 11.3 Å². The highest BCUT2D eigenvalue weighted by Crippen LogP contribution is 2.19. The highest BCUT2D eigenvalue weighted by Gasteiger charge is 2.17. The highest BCUT2D eigenvalue weighted by molar-refractivity contribution is 9.10. The van der Waals surface area contributed by atoms with E-state index in [4.69, 9.17) is 4.42 Å². The molecule has 0 saturated carbocycles. The van der Waals surface area contributed by atoms with Crippen LogP contribution in [0.4, 0.5) is 0 Å². The SMILES string of the molecule is CN(Cc1ccc(Br)o1)C(=O)CCC1CCNCC1. The molecular weight excluding hydrogens is 308 g/mol. The summed E-state index contributed by atoms with van der Waals surface area (Å²) in [5.41, 5.74) is 0. The standard InChI is InChI=1S/C14H21BrN2O2/c1-17(10-12-3-4-13(15)19-12)14(18)5-2-11-6-8-16-9-7-11/h3-4,11,16H,2,5-10H2,1H3. The first-order valence-electron chi connectivity index (χ1n) is 6.84. The van der Waals surface area contributed by atoms with E-state index in [1.165, 1.54) is 12.8 Å². The van der Waals surface area contributed by atoms with E-state index in [0.717, 1.165) is 25.3 Å². The van der Waals surface area contributed by atoms with Gasteiger partial charge in [-0.25, -0.2) is 0 Å². The number of nitrogens with zero attached hydrogens (tertiary/aromatic N) is 1. The van der Waals surface area contributed by atoms with Crippen molar-refractivity contribution < 1.29 is 9.21 Å². The van der Waals surface area contributed by atoms with Crippen molar-refractivity contribution in [3.05, 3.63) is 22.6 Å². The lowest BCUT2D eigenvalue weighted by Crippen LogP contribution is -2.30. The first kappa shape index (κ1) is 14.6. The Kier molecular flexibility index (Phi) is 5.45. The molecule has 2 heterocycles. The minimum atomic E-state index is 0.200. The molecular formula is C14H21BrN2O2. The van der Waals surface area contributed by atoms with Gasteiger partial charge in [0.2, 0.25) is 5.91 Å². The van der Waals surface area contributed by atoms with E-state index in [0.29, 0.717) is 23.6 Å². The number of hydrogen-bond donors (Lipinski definition) is 1. The fraction of sp³-hybridized carbons (Fsp3) is 0.643. The number of hydrogen-bond acceptors (Lipinski definition) is 3. The summed E-state index contributed by atoms with van der Waals surface area (Å²) in [6.45, 7) is 2.72. The normalized spacial score (nSPS) is 16.5. The minimum absolute atomic E-state index is 0.200. The Labute approximate surface area is 122 Å². The Hall–Kier alpha value is -0.810. The van der Waals surface area contributed by atoms with Crippen LogP contribution in [0.25, 0.3) is 0 Å². The average molecular weight is 329 g/mol. The van der Waals surface area contributed by atoms with Gasteiger partial charge in [-0.3, -0.25) is 4.79 Å². The molecule has 0 bridgehead atoms. The Morgan fingerprint density at radius 1 is 1.47 bits per heavy atom. The van der Waals surface area contributed by atoms with Crippen LogP contribution in [-0.4, -0.2) is 30.9 Å². The first-order valence-corrected chi connectivity index (χ1v) is 7.63. The second kappa shape index (κ2) is 7.10. The molecule has 19 heavy (non-hydrogen) atoms. The van der Waals surface area contributed by atoms with Gasteiger partial charge in [0.05, 0.1) is 6.54 Å².